The van der Waals surface area contributed by atoms with Crippen molar-refractivity contribution in [2.24, 2.45) is 0 Å². The molecule has 0 aliphatic carbocycles. The molecule has 1 saturated heterocycles. The summed E-state index contributed by atoms with van der Waals surface area (Å²) < 4.78 is 16.4. The second-order valence-corrected chi connectivity index (χ2v) is 2.00. The molecule has 0 N–H and O–H groups in total. The molecular formula is C5H8FNO2. The van der Waals surface area contributed by atoms with Crippen LogP contribution in [-0.2, 0) is 4.74 Å². The third-order valence-electron chi connectivity index (χ3n) is 1.41. The minimum absolute atomic E-state index is 0.186. The lowest BCUT2D eigenvalue weighted by Crippen LogP contribution is -2.30. The van der Waals surface area contributed by atoms with E-state index in [4.69, 9.17) is 0 Å². The predicted octanol–water partition coefficient (Wildman–Crippen LogP) is 0.406. The van der Waals surface area contributed by atoms with E-state index < -0.39 is 12.8 Å². The van der Waals surface area contributed by atoms with Gasteiger partial charge in [0.05, 0.1) is 6.04 Å². The van der Waals surface area contributed by atoms with E-state index in [9.17, 15) is 9.18 Å². The standard InChI is InChI=1S/C5H8FNO2/c1-7-4(2-6)3-9-5(7)8/h4H,2-3H2,1H3/t4-/m0/s1. The van der Waals surface area contributed by atoms with Gasteiger partial charge in [-0.2, -0.15) is 0 Å². The van der Waals surface area contributed by atoms with Crippen molar-refractivity contribution in [3.63, 3.8) is 0 Å². The number of rotatable bonds is 1. The minimum Gasteiger partial charge on any atom is -0.447 e. The van der Waals surface area contributed by atoms with E-state index in [0.29, 0.717) is 0 Å². The van der Waals surface area contributed by atoms with Crippen LogP contribution in [0.2, 0.25) is 0 Å². The van der Waals surface area contributed by atoms with E-state index in [-0.39, 0.29) is 12.6 Å². The Hall–Kier alpha value is -0.800. The first-order valence-corrected chi connectivity index (χ1v) is 2.71. The second kappa shape index (κ2) is 2.21. The van der Waals surface area contributed by atoms with Crippen LogP contribution in [0.5, 0.6) is 0 Å². The summed E-state index contributed by atoms with van der Waals surface area (Å²) in [6.45, 7) is -0.339. The Kier molecular flexibility index (Phi) is 1.55. The molecule has 0 aromatic heterocycles. The Bertz CT molecular complexity index is 128. The number of ether oxygens (including phenoxy) is 1. The zero-order valence-electron chi connectivity index (χ0n) is 5.13. The number of alkyl halides is 1. The van der Waals surface area contributed by atoms with Crippen molar-refractivity contribution in [3.8, 4) is 0 Å². The number of cyclic esters (lactones) is 1. The van der Waals surface area contributed by atoms with E-state index >= 15 is 0 Å². The number of carbonyl (C=O) groups is 1. The van der Waals surface area contributed by atoms with Crippen molar-refractivity contribution in [2.45, 2.75) is 6.04 Å². The van der Waals surface area contributed by atoms with Crippen molar-refractivity contribution in [3.05, 3.63) is 0 Å². The van der Waals surface area contributed by atoms with Crippen molar-refractivity contribution in [1.82, 2.24) is 4.90 Å². The average Bonchev–Trinajstić information content (AvgIpc) is 2.15. The Labute approximate surface area is 52.4 Å². The third kappa shape index (κ3) is 0.966. The van der Waals surface area contributed by atoms with Crippen LogP contribution >= 0.6 is 0 Å². The van der Waals surface area contributed by atoms with Crippen LogP contribution in [0.3, 0.4) is 0 Å². The summed E-state index contributed by atoms with van der Waals surface area (Å²) in [6, 6.07) is -0.363. The highest BCUT2D eigenvalue weighted by Crippen LogP contribution is 2.08. The highest BCUT2D eigenvalue weighted by atomic mass is 19.1. The predicted molar refractivity (Wildman–Crippen MR) is 28.9 cm³/mol. The van der Waals surface area contributed by atoms with Crippen molar-refractivity contribution >= 4 is 6.09 Å². The molecule has 0 unspecified atom stereocenters. The summed E-state index contributed by atoms with van der Waals surface area (Å²) >= 11 is 0. The molecule has 0 bridgehead atoms. The smallest absolute Gasteiger partial charge is 0.410 e. The van der Waals surface area contributed by atoms with Crippen LogP contribution in [0.25, 0.3) is 0 Å². The molecule has 1 atom stereocenters. The molecule has 9 heavy (non-hydrogen) atoms. The molecule has 1 amide bonds. The van der Waals surface area contributed by atoms with Crippen LogP contribution in [0.1, 0.15) is 0 Å². The fraction of sp³-hybridized carbons (Fsp3) is 0.800. The monoisotopic (exact) mass is 133 g/mol. The molecule has 0 saturated carbocycles. The summed E-state index contributed by atoms with van der Waals surface area (Å²) in [7, 11) is 1.53. The van der Waals surface area contributed by atoms with Crippen molar-refractivity contribution in [2.75, 3.05) is 20.3 Å². The molecule has 1 aliphatic heterocycles. The molecule has 1 heterocycles. The fourth-order valence-electron chi connectivity index (χ4n) is 0.678. The first-order valence-electron chi connectivity index (χ1n) is 2.71. The maximum atomic E-state index is 11.8. The number of halogens is 1. The van der Waals surface area contributed by atoms with Gasteiger partial charge in [0.1, 0.15) is 13.3 Å². The molecule has 0 radical (unpaired) electrons. The minimum atomic E-state index is -0.526. The fourth-order valence-corrected chi connectivity index (χ4v) is 0.678. The zero-order valence-corrected chi connectivity index (χ0v) is 5.13. The molecule has 52 valence electrons. The zero-order chi connectivity index (χ0) is 6.85. The summed E-state index contributed by atoms with van der Waals surface area (Å²) in [4.78, 5) is 11.7. The highest BCUT2D eigenvalue weighted by Gasteiger charge is 2.28. The first-order chi connectivity index (χ1) is 4.25. The highest BCUT2D eigenvalue weighted by molar-refractivity contribution is 5.69. The van der Waals surface area contributed by atoms with Gasteiger partial charge in [-0.3, -0.25) is 0 Å². The number of hydrogen-bond acceptors (Lipinski definition) is 2. The quantitative estimate of drug-likeness (QED) is 0.518. The molecule has 1 fully saturated rings. The van der Waals surface area contributed by atoms with Crippen LogP contribution in [0.15, 0.2) is 0 Å². The van der Waals surface area contributed by atoms with Gasteiger partial charge in [-0.15, -0.1) is 0 Å². The summed E-state index contributed by atoms with van der Waals surface area (Å²) in [5.74, 6) is 0. The molecule has 3 nitrogen and oxygen atoms in total. The summed E-state index contributed by atoms with van der Waals surface area (Å²) in [5.41, 5.74) is 0. The van der Waals surface area contributed by atoms with Gasteiger partial charge in [0, 0.05) is 7.05 Å². The number of carbonyl (C=O) groups excluding carboxylic acids is 1. The van der Waals surface area contributed by atoms with Crippen LogP contribution in [0, 0.1) is 0 Å². The Morgan fingerprint density at radius 1 is 2.00 bits per heavy atom. The van der Waals surface area contributed by atoms with Gasteiger partial charge in [0.2, 0.25) is 0 Å². The Balaban J connectivity index is 2.51. The van der Waals surface area contributed by atoms with Gasteiger partial charge in [0.25, 0.3) is 0 Å². The topological polar surface area (TPSA) is 29.5 Å². The lowest BCUT2D eigenvalue weighted by atomic mass is 10.3. The lowest BCUT2D eigenvalue weighted by Gasteiger charge is -2.10. The van der Waals surface area contributed by atoms with Gasteiger partial charge in [0.15, 0.2) is 0 Å². The van der Waals surface area contributed by atoms with E-state index in [2.05, 4.69) is 4.74 Å². The molecule has 4 heteroatoms. The maximum absolute atomic E-state index is 11.8. The average molecular weight is 133 g/mol. The van der Waals surface area contributed by atoms with Crippen LogP contribution < -0.4 is 0 Å². The maximum Gasteiger partial charge on any atom is 0.410 e. The summed E-state index contributed by atoms with van der Waals surface area (Å²) in [6.07, 6.45) is -0.433. The molecule has 0 spiro atoms. The van der Waals surface area contributed by atoms with Crippen LogP contribution in [-0.4, -0.2) is 37.4 Å². The molecule has 0 aromatic rings. The molecule has 1 aliphatic rings. The molecule has 1 rings (SSSR count). The SMILES string of the molecule is CN1C(=O)OC[C@@H]1CF. The Morgan fingerprint density at radius 3 is 2.89 bits per heavy atom. The van der Waals surface area contributed by atoms with Crippen molar-refractivity contribution in [1.29, 1.82) is 0 Å². The van der Waals surface area contributed by atoms with Gasteiger partial charge in [-0.1, -0.05) is 0 Å². The third-order valence-corrected chi connectivity index (χ3v) is 1.41. The largest absolute Gasteiger partial charge is 0.447 e. The van der Waals surface area contributed by atoms with E-state index in [1.807, 2.05) is 0 Å². The number of amides is 1. The van der Waals surface area contributed by atoms with Crippen molar-refractivity contribution < 1.29 is 13.9 Å². The second-order valence-electron chi connectivity index (χ2n) is 2.00. The molecule has 0 aromatic carbocycles. The van der Waals surface area contributed by atoms with Crippen LogP contribution in [0.4, 0.5) is 9.18 Å². The van der Waals surface area contributed by atoms with E-state index in [0.717, 1.165) is 0 Å². The van der Waals surface area contributed by atoms with E-state index in [1.54, 1.807) is 0 Å². The van der Waals surface area contributed by atoms with Gasteiger partial charge in [-0.25, -0.2) is 9.18 Å². The first kappa shape index (κ1) is 6.32. The lowest BCUT2D eigenvalue weighted by molar-refractivity contribution is 0.163. The number of likely N-dealkylation sites (N-methyl/N-ethyl adjacent to an activating group) is 1. The normalized spacial score (nSPS) is 26.7. The van der Waals surface area contributed by atoms with Gasteiger partial charge >= 0.3 is 6.09 Å². The van der Waals surface area contributed by atoms with Gasteiger partial charge < -0.3 is 9.64 Å². The molecular weight excluding hydrogens is 125 g/mol. The van der Waals surface area contributed by atoms with E-state index in [1.165, 1.54) is 11.9 Å². The Morgan fingerprint density at radius 2 is 2.67 bits per heavy atom. The number of nitrogens with zero attached hydrogens (tertiary/aromatic N) is 1. The summed E-state index contributed by atoms with van der Waals surface area (Å²) in [5, 5.41) is 0. The van der Waals surface area contributed by atoms with Gasteiger partial charge in [-0.05, 0) is 0 Å². The number of hydrogen-bond donors (Lipinski definition) is 0.